The number of halogens is 1. The fraction of sp³-hybridized carbons (Fsp3) is 0.233. The maximum Gasteiger partial charge on any atom is 0.266 e. The van der Waals surface area contributed by atoms with Crippen LogP contribution < -0.4 is 9.47 Å². The van der Waals surface area contributed by atoms with Gasteiger partial charge in [-0.25, -0.2) is 4.99 Å². The lowest BCUT2D eigenvalue weighted by Gasteiger charge is -2.15. The summed E-state index contributed by atoms with van der Waals surface area (Å²) in [7, 11) is 0. The summed E-state index contributed by atoms with van der Waals surface area (Å²) in [5, 5.41) is 9.99. The summed E-state index contributed by atoms with van der Waals surface area (Å²) >= 11 is 4.96. The highest BCUT2D eigenvalue weighted by atomic mass is 79.9. The van der Waals surface area contributed by atoms with E-state index in [-0.39, 0.29) is 12.5 Å². The van der Waals surface area contributed by atoms with Gasteiger partial charge in [-0.05, 0) is 67.6 Å². The van der Waals surface area contributed by atoms with Gasteiger partial charge in [0.15, 0.2) is 16.7 Å². The summed E-state index contributed by atoms with van der Waals surface area (Å²) in [6.45, 7) is 5.89. The molecule has 0 unspecified atom stereocenters. The molecule has 0 spiro atoms. The van der Waals surface area contributed by atoms with E-state index in [1.807, 2.05) is 80.6 Å². The lowest BCUT2D eigenvalue weighted by molar-refractivity contribution is -0.122. The van der Waals surface area contributed by atoms with Crippen LogP contribution in [0, 0.1) is 11.3 Å². The molecule has 3 aromatic carbocycles. The van der Waals surface area contributed by atoms with E-state index in [9.17, 15) is 10.1 Å². The van der Waals surface area contributed by atoms with Crippen LogP contribution in [0.25, 0.3) is 6.08 Å². The van der Waals surface area contributed by atoms with Crippen LogP contribution >= 0.6 is 27.7 Å². The molecule has 0 radical (unpaired) electrons. The van der Waals surface area contributed by atoms with E-state index in [1.165, 1.54) is 11.8 Å². The van der Waals surface area contributed by atoms with Crippen molar-refractivity contribution in [3.8, 4) is 17.6 Å². The molecule has 1 amide bonds. The number of carbonyl (C=O) groups is 1. The molecule has 3 aromatic rings. The Hall–Kier alpha value is -3.58. The number of aliphatic imine (C=N–C) groups is 1. The van der Waals surface area contributed by atoms with Crippen molar-refractivity contribution in [2.24, 2.45) is 4.99 Å². The van der Waals surface area contributed by atoms with Gasteiger partial charge < -0.3 is 14.2 Å². The molecule has 0 aromatic heterocycles. The normalized spacial score (nSPS) is 15.1. The van der Waals surface area contributed by atoms with Crippen molar-refractivity contribution < 1.29 is 19.0 Å². The molecule has 0 bridgehead atoms. The minimum Gasteiger partial charge on any atom is -0.490 e. The predicted octanol–water partition coefficient (Wildman–Crippen LogP) is 6.94. The molecule has 0 saturated carbocycles. The third-order valence-electron chi connectivity index (χ3n) is 5.70. The van der Waals surface area contributed by atoms with Gasteiger partial charge in [0.2, 0.25) is 0 Å². The van der Waals surface area contributed by atoms with Crippen LogP contribution in [0.1, 0.15) is 30.5 Å². The van der Waals surface area contributed by atoms with Crippen LogP contribution in [0.2, 0.25) is 0 Å². The average Bonchev–Trinajstić information content (AvgIpc) is 3.23. The molecule has 1 aliphatic rings. The van der Waals surface area contributed by atoms with E-state index < -0.39 is 0 Å². The molecule has 4 rings (SSSR count). The van der Waals surface area contributed by atoms with Crippen LogP contribution in [-0.2, 0) is 16.1 Å². The first-order valence-electron chi connectivity index (χ1n) is 12.5. The summed E-state index contributed by atoms with van der Waals surface area (Å²) < 4.78 is 18.2. The monoisotopic (exact) mass is 605 g/mol. The highest BCUT2D eigenvalue weighted by Crippen LogP contribution is 2.39. The van der Waals surface area contributed by atoms with Gasteiger partial charge >= 0.3 is 0 Å². The van der Waals surface area contributed by atoms with E-state index in [1.54, 1.807) is 11.0 Å². The first-order valence-corrected chi connectivity index (χ1v) is 14.1. The molecule has 200 valence electrons. The first kappa shape index (κ1) is 28.4. The Bertz CT molecular complexity index is 1420. The van der Waals surface area contributed by atoms with Gasteiger partial charge in [-0.3, -0.25) is 9.69 Å². The van der Waals surface area contributed by atoms with Crippen molar-refractivity contribution in [2.75, 3.05) is 26.4 Å². The second kappa shape index (κ2) is 14.0. The number of rotatable bonds is 11. The third kappa shape index (κ3) is 7.30. The lowest BCUT2D eigenvalue weighted by Crippen LogP contribution is -2.32. The Morgan fingerprint density at radius 1 is 1.03 bits per heavy atom. The average molecular weight is 607 g/mol. The Kier molecular flexibility index (Phi) is 10.2. The number of hydrogen-bond donors (Lipinski definition) is 0. The fourth-order valence-corrected chi connectivity index (χ4v) is 5.25. The molecule has 9 heteroatoms. The zero-order chi connectivity index (χ0) is 27.6. The van der Waals surface area contributed by atoms with Crippen LogP contribution in [0.4, 0.5) is 5.69 Å². The molecule has 0 N–H and O–H groups in total. The summed E-state index contributed by atoms with van der Waals surface area (Å²) in [5.74, 6) is 0.949. The van der Waals surface area contributed by atoms with E-state index in [0.29, 0.717) is 53.5 Å². The van der Waals surface area contributed by atoms with E-state index >= 15 is 0 Å². The quantitative estimate of drug-likeness (QED) is 0.174. The van der Waals surface area contributed by atoms with E-state index in [4.69, 9.17) is 19.2 Å². The predicted molar refractivity (Wildman–Crippen MR) is 158 cm³/mol. The number of nitrogens with zero attached hydrogens (tertiary/aromatic N) is 3. The van der Waals surface area contributed by atoms with Crippen LogP contribution in [0.5, 0.6) is 11.5 Å². The number of benzene rings is 3. The molecule has 1 aliphatic heterocycles. The number of amidine groups is 1. The second-order valence-corrected chi connectivity index (χ2v) is 10.2. The van der Waals surface area contributed by atoms with Crippen molar-refractivity contribution in [2.45, 2.75) is 20.5 Å². The van der Waals surface area contributed by atoms with Crippen molar-refractivity contribution in [1.29, 1.82) is 5.26 Å². The topological polar surface area (TPSA) is 84.1 Å². The smallest absolute Gasteiger partial charge is 0.266 e. The van der Waals surface area contributed by atoms with Crippen LogP contribution in [0.15, 0.2) is 81.1 Å². The summed E-state index contributed by atoms with van der Waals surface area (Å²) in [6.07, 6.45) is 1.83. The van der Waals surface area contributed by atoms with Gasteiger partial charge in [-0.1, -0.05) is 52.3 Å². The summed E-state index contributed by atoms with van der Waals surface area (Å²) in [4.78, 5) is 20.3. The van der Waals surface area contributed by atoms with Crippen LogP contribution in [-0.4, -0.2) is 42.3 Å². The van der Waals surface area contributed by atoms with E-state index in [0.717, 1.165) is 21.3 Å². The number of carbonyl (C=O) groups excluding carboxylic acids is 1. The minimum atomic E-state index is -0.132. The Morgan fingerprint density at radius 3 is 2.51 bits per heavy atom. The van der Waals surface area contributed by atoms with Gasteiger partial charge in [0.05, 0.1) is 42.0 Å². The van der Waals surface area contributed by atoms with E-state index in [2.05, 4.69) is 22.0 Å². The lowest BCUT2D eigenvalue weighted by atomic mass is 10.1. The summed E-state index contributed by atoms with van der Waals surface area (Å²) in [5.41, 5.74) is 2.89. The van der Waals surface area contributed by atoms with Crippen LogP contribution in [0.3, 0.4) is 0 Å². The maximum atomic E-state index is 13.4. The number of hydrogen-bond acceptors (Lipinski definition) is 7. The Morgan fingerprint density at radius 2 is 1.77 bits per heavy atom. The third-order valence-corrected chi connectivity index (χ3v) is 7.40. The highest BCUT2D eigenvalue weighted by Gasteiger charge is 2.33. The van der Waals surface area contributed by atoms with Crippen molar-refractivity contribution in [3.63, 3.8) is 0 Å². The maximum absolute atomic E-state index is 13.4. The first-order chi connectivity index (χ1) is 19.0. The molecular formula is C30H28BrN3O4S. The van der Waals surface area contributed by atoms with Crippen molar-refractivity contribution in [1.82, 2.24) is 4.90 Å². The van der Waals surface area contributed by atoms with Gasteiger partial charge in [-0.2, -0.15) is 5.26 Å². The SMILES string of the molecule is CCOCCN1C(=O)/C(=C/c2cc(OCC)c(OCc3ccccc3C#N)cc2Br)SC1=Nc1ccccc1. The molecule has 1 saturated heterocycles. The number of thioether (sulfide) groups is 1. The van der Waals surface area contributed by atoms with Gasteiger partial charge in [0.25, 0.3) is 5.91 Å². The highest BCUT2D eigenvalue weighted by molar-refractivity contribution is 9.10. The molecular weight excluding hydrogens is 578 g/mol. The van der Waals surface area contributed by atoms with Crippen molar-refractivity contribution in [3.05, 3.63) is 92.8 Å². The van der Waals surface area contributed by atoms with Gasteiger partial charge in [0.1, 0.15) is 6.61 Å². The standard InChI is InChI=1S/C30H28BrN3O4S/c1-3-36-15-14-34-29(35)28(39-30(34)33-24-12-6-5-7-13-24)17-23-16-26(37-4-2)27(18-25(23)31)38-20-22-11-9-8-10-21(22)19-32/h5-13,16-18H,3-4,14-15,20H2,1-2H3/b28-17-,33-30?. The molecule has 0 atom stereocenters. The van der Waals surface area contributed by atoms with Crippen molar-refractivity contribution >= 4 is 50.5 Å². The largest absolute Gasteiger partial charge is 0.490 e. The Labute approximate surface area is 241 Å². The molecule has 1 heterocycles. The number of amides is 1. The minimum absolute atomic E-state index is 0.132. The zero-order valence-corrected chi connectivity index (χ0v) is 24.1. The zero-order valence-electron chi connectivity index (χ0n) is 21.7. The summed E-state index contributed by atoms with van der Waals surface area (Å²) in [6, 6.07) is 22.7. The number of ether oxygens (including phenoxy) is 3. The fourth-order valence-electron chi connectivity index (χ4n) is 3.80. The number of nitriles is 1. The molecule has 7 nitrogen and oxygen atoms in total. The molecule has 39 heavy (non-hydrogen) atoms. The number of para-hydroxylation sites is 1. The molecule has 1 fully saturated rings. The van der Waals surface area contributed by atoms with Gasteiger partial charge in [0, 0.05) is 16.6 Å². The Balaban J connectivity index is 1.62. The molecule has 0 aliphatic carbocycles. The van der Waals surface area contributed by atoms with Gasteiger partial charge in [-0.15, -0.1) is 0 Å². The second-order valence-electron chi connectivity index (χ2n) is 8.31.